The topological polar surface area (TPSA) is 81.0 Å². The number of rotatable bonds is 7. The molecule has 0 aliphatic heterocycles. The molecule has 1 heterocycles. The van der Waals surface area contributed by atoms with Gasteiger partial charge in [-0.05, 0) is 50.0 Å². The zero-order chi connectivity index (χ0) is 21.7. The normalized spacial score (nSPS) is 14.6. The molecule has 1 aromatic carbocycles. The molecule has 2 aromatic rings. The van der Waals surface area contributed by atoms with Crippen molar-refractivity contribution >= 4 is 17.5 Å². The summed E-state index contributed by atoms with van der Waals surface area (Å²) in [5.74, 6) is 2.94. The van der Waals surface area contributed by atoms with Gasteiger partial charge in [-0.1, -0.05) is 12.8 Å². The molecule has 7 heteroatoms. The first kappa shape index (κ1) is 21.3. The highest BCUT2D eigenvalue weighted by Crippen LogP contribution is 2.38. The van der Waals surface area contributed by atoms with Gasteiger partial charge in [0.2, 0.25) is 0 Å². The van der Waals surface area contributed by atoms with Crippen LogP contribution in [-0.2, 0) is 9.59 Å². The first-order valence-corrected chi connectivity index (χ1v) is 9.87. The average Bonchev–Trinajstić information content (AvgIpc) is 3.42. The minimum atomic E-state index is -1.08. The number of furan rings is 1. The number of nitrogens with one attached hydrogen (secondary N) is 1. The zero-order valence-electron chi connectivity index (χ0n) is 17.4. The van der Waals surface area contributed by atoms with Gasteiger partial charge in [-0.15, -0.1) is 6.42 Å². The van der Waals surface area contributed by atoms with Crippen LogP contribution in [0.4, 0.5) is 5.69 Å². The van der Waals surface area contributed by atoms with Gasteiger partial charge in [-0.2, -0.15) is 0 Å². The lowest BCUT2D eigenvalue weighted by Crippen LogP contribution is -2.46. The minimum Gasteiger partial charge on any atom is -0.497 e. The zero-order valence-corrected chi connectivity index (χ0v) is 17.4. The minimum absolute atomic E-state index is 0.0663. The van der Waals surface area contributed by atoms with Crippen molar-refractivity contribution in [1.29, 1.82) is 0 Å². The summed E-state index contributed by atoms with van der Waals surface area (Å²) in [5.41, 5.74) is 0.349. The van der Waals surface area contributed by atoms with Crippen molar-refractivity contribution in [2.75, 3.05) is 19.1 Å². The number of carbonyl (C=O) groups excluding carboxylic acids is 2. The molecular formula is C23H26N2O5. The molecule has 1 aliphatic carbocycles. The molecule has 1 fully saturated rings. The number of amides is 2. The summed E-state index contributed by atoms with van der Waals surface area (Å²) in [6.45, 7) is 1.77. The van der Waals surface area contributed by atoms with Gasteiger partial charge in [-0.3, -0.25) is 14.5 Å². The lowest BCUT2D eigenvalue weighted by atomic mass is 10.1. The summed E-state index contributed by atoms with van der Waals surface area (Å²) in [7, 11) is 3.00. The van der Waals surface area contributed by atoms with E-state index in [-0.39, 0.29) is 11.9 Å². The number of anilines is 1. The fourth-order valence-electron chi connectivity index (χ4n) is 3.74. The highest BCUT2D eigenvalue weighted by atomic mass is 16.5. The molecule has 2 amide bonds. The van der Waals surface area contributed by atoms with Crippen LogP contribution in [0.2, 0.25) is 0 Å². The van der Waals surface area contributed by atoms with E-state index in [0.29, 0.717) is 28.7 Å². The van der Waals surface area contributed by atoms with E-state index in [1.54, 1.807) is 37.3 Å². The van der Waals surface area contributed by atoms with Gasteiger partial charge in [0.05, 0.1) is 19.9 Å². The van der Waals surface area contributed by atoms with Gasteiger partial charge in [0.1, 0.15) is 23.0 Å². The van der Waals surface area contributed by atoms with Crippen LogP contribution < -0.4 is 19.7 Å². The van der Waals surface area contributed by atoms with Gasteiger partial charge in [-0.25, -0.2) is 0 Å². The van der Waals surface area contributed by atoms with E-state index in [1.165, 1.54) is 19.1 Å². The molecule has 1 aromatic heterocycles. The van der Waals surface area contributed by atoms with Gasteiger partial charge in [0.15, 0.2) is 6.04 Å². The Hall–Kier alpha value is -3.40. The Balaban J connectivity index is 2.09. The summed E-state index contributed by atoms with van der Waals surface area (Å²) < 4.78 is 16.5. The van der Waals surface area contributed by atoms with Crippen LogP contribution in [0, 0.1) is 19.3 Å². The second-order valence-electron chi connectivity index (χ2n) is 7.20. The Labute approximate surface area is 176 Å². The SMILES string of the molecule is C#CC(=O)N(c1ccc(OC)cc1OC)C(C(=O)NC1CCCC1)c1ccc(C)o1. The van der Waals surface area contributed by atoms with E-state index < -0.39 is 11.9 Å². The van der Waals surface area contributed by atoms with Crippen molar-refractivity contribution in [3.8, 4) is 23.8 Å². The molecule has 3 rings (SSSR count). The number of terminal acetylenes is 1. The summed E-state index contributed by atoms with van der Waals surface area (Å²) in [6.07, 6.45) is 9.42. The van der Waals surface area contributed by atoms with Crippen LogP contribution in [0.3, 0.4) is 0 Å². The van der Waals surface area contributed by atoms with Crippen LogP contribution >= 0.6 is 0 Å². The number of hydrogen-bond donors (Lipinski definition) is 1. The maximum Gasteiger partial charge on any atom is 0.303 e. The summed E-state index contributed by atoms with van der Waals surface area (Å²) >= 11 is 0. The number of benzene rings is 1. The first-order chi connectivity index (χ1) is 14.5. The molecule has 30 heavy (non-hydrogen) atoms. The molecule has 1 N–H and O–H groups in total. The third-order valence-electron chi connectivity index (χ3n) is 5.23. The Morgan fingerprint density at radius 2 is 1.93 bits per heavy atom. The van der Waals surface area contributed by atoms with E-state index in [9.17, 15) is 9.59 Å². The van der Waals surface area contributed by atoms with E-state index in [4.69, 9.17) is 20.3 Å². The highest BCUT2D eigenvalue weighted by Gasteiger charge is 2.37. The molecule has 1 unspecified atom stereocenters. The summed E-state index contributed by atoms with van der Waals surface area (Å²) in [6, 6.07) is 7.36. The van der Waals surface area contributed by atoms with E-state index in [1.807, 2.05) is 0 Å². The number of hydrogen-bond acceptors (Lipinski definition) is 5. The summed E-state index contributed by atoms with van der Waals surface area (Å²) in [5, 5.41) is 3.05. The second kappa shape index (κ2) is 9.40. The van der Waals surface area contributed by atoms with E-state index >= 15 is 0 Å². The quantitative estimate of drug-likeness (QED) is 0.708. The number of ether oxygens (including phenoxy) is 2. The fraction of sp³-hybridized carbons (Fsp3) is 0.391. The molecule has 0 saturated heterocycles. The van der Waals surface area contributed by atoms with Crippen LogP contribution in [0.1, 0.15) is 43.2 Å². The van der Waals surface area contributed by atoms with Gasteiger partial charge in [0.25, 0.3) is 5.91 Å². The van der Waals surface area contributed by atoms with Gasteiger partial charge < -0.3 is 19.2 Å². The number of carbonyl (C=O) groups is 2. The smallest absolute Gasteiger partial charge is 0.303 e. The molecular weight excluding hydrogens is 384 g/mol. The maximum atomic E-state index is 13.4. The Morgan fingerprint density at radius 1 is 1.20 bits per heavy atom. The molecule has 1 atom stereocenters. The van der Waals surface area contributed by atoms with Crippen molar-refractivity contribution in [3.05, 3.63) is 41.9 Å². The van der Waals surface area contributed by atoms with E-state index in [2.05, 4.69) is 11.2 Å². The molecule has 7 nitrogen and oxygen atoms in total. The number of nitrogens with zero attached hydrogens (tertiary/aromatic N) is 1. The van der Waals surface area contributed by atoms with Crippen molar-refractivity contribution in [1.82, 2.24) is 5.32 Å². The van der Waals surface area contributed by atoms with Crippen LogP contribution in [-0.4, -0.2) is 32.1 Å². The Bertz CT molecular complexity index is 953. The highest BCUT2D eigenvalue weighted by molar-refractivity contribution is 6.10. The maximum absolute atomic E-state index is 13.4. The van der Waals surface area contributed by atoms with Crippen molar-refractivity contribution in [3.63, 3.8) is 0 Å². The predicted molar refractivity (Wildman–Crippen MR) is 112 cm³/mol. The lowest BCUT2D eigenvalue weighted by Gasteiger charge is -2.30. The van der Waals surface area contributed by atoms with Crippen molar-refractivity contribution in [2.24, 2.45) is 0 Å². The Morgan fingerprint density at radius 3 is 2.50 bits per heavy atom. The van der Waals surface area contributed by atoms with E-state index in [0.717, 1.165) is 25.7 Å². The van der Waals surface area contributed by atoms with Crippen LogP contribution in [0.25, 0.3) is 0 Å². The molecule has 158 valence electrons. The molecule has 0 radical (unpaired) electrons. The van der Waals surface area contributed by atoms with Crippen LogP contribution in [0.5, 0.6) is 11.5 Å². The Kier molecular flexibility index (Phi) is 6.68. The fourth-order valence-corrected chi connectivity index (χ4v) is 3.74. The third kappa shape index (κ3) is 4.43. The summed E-state index contributed by atoms with van der Waals surface area (Å²) in [4.78, 5) is 27.5. The third-order valence-corrected chi connectivity index (χ3v) is 5.23. The van der Waals surface area contributed by atoms with Gasteiger partial charge in [0, 0.05) is 12.1 Å². The number of methoxy groups -OCH3 is 2. The molecule has 0 spiro atoms. The van der Waals surface area contributed by atoms with Crippen molar-refractivity contribution < 1.29 is 23.5 Å². The van der Waals surface area contributed by atoms with Gasteiger partial charge >= 0.3 is 5.91 Å². The van der Waals surface area contributed by atoms with Crippen molar-refractivity contribution in [2.45, 2.75) is 44.7 Å². The second-order valence-corrected chi connectivity index (χ2v) is 7.20. The number of aryl methyl sites for hydroxylation is 1. The lowest BCUT2D eigenvalue weighted by molar-refractivity contribution is -0.126. The largest absolute Gasteiger partial charge is 0.497 e. The average molecular weight is 410 g/mol. The molecule has 1 aliphatic rings. The first-order valence-electron chi connectivity index (χ1n) is 9.87. The van der Waals surface area contributed by atoms with Crippen LogP contribution in [0.15, 0.2) is 34.7 Å². The molecule has 0 bridgehead atoms. The predicted octanol–water partition coefficient (Wildman–Crippen LogP) is 3.37. The molecule has 1 saturated carbocycles. The monoisotopic (exact) mass is 410 g/mol. The standard InChI is InChI=1S/C23H26N2O5/c1-5-21(26)25(18-12-11-17(28-3)14-20(18)29-4)22(19-13-10-15(2)30-19)23(27)24-16-8-6-7-9-16/h1,10-14,16,22H,6-9H2,2-4H3,(H,24,27).